The van der Waals surface area contributed by atoms with E-state index in [0.717, 1.165) is 0 Å². The van der Waals surface area contributed by atoms with Crippen LogP contribution in [0.4, 0.5) is 0 Å². The average Bonchev–Trinajstić information content (AvgIpc) is 2.17. The molecular weight excluding hydrogens is 198 g/mol. The van der Waals surface area contributed by atoms with Gasteiger partial charge in [-0.15, -0.1) is 0 Å². The number of rotatable bonds is 7. The maximum Gasteiger partial charge on any atom is 0.321 e. The second-order valence-corrected chi connectivity index (χ2v) is 3.59. The molecule has 15 heavy (non-hydrogen) atoms. The molecule has 0 fully saturated rings. The molecule has 0 aliphatic rings. The highest BCUT2D eigenvalue weighted by molar-refractivity contribution is 5.91. The third kappa shape index (κ3) is 4.37. The Balaban J connectivity index is 4.56. The number of nitrogens with two attached hydrogens (primary N) is 3. The molecule has 0 amide bonds. The highest BCUT2D eigenvalue weighted by Gasteiger charge is 2.31. The van der Waals surface area contributed by atoms with Crippen LogP contribution >= 0.6 is 0 Å². The van der Waals surface area contributed by atoms with Crippen molar-refractivity contribution in [3.63, 3.8) is 0 Å². The fraction of sp³-hybridized carbons (Fsp3) is 0.778. The normalized spacial score (nSPS) is 16.8. The second kappa shape index (κ2) is 6.49. The first-order valence-corrected chi connectivity index (χ1v) is 4.89. The molecule has 0 heterocycles. The molecule has 0 saturated heterocycles. The summed E-state index contributed by atoms with van der Waals surface area (Å²) in [4.78, 5) is 22.3. The molecule has 0 aliphatic carbocycles. The quantitative estimate of drug-likeness (QED) is 0.417. The van der Waals surface area contributed by atoms with Crippen molar-refractivity contribution >= 4 is 11.8 Å². The number of carbonyl (C=O) groups excluding carboxylic acids is 1. The number of ketones is 1. The van der Waals surface area contributed by atoms with Gasteiger partial charge in [-0.3, -0.25) is 9.59 Å². The van der Waals surface area contributed by atoms with Gasteiger partial charge in [0.25, 0.3) is 0 Å². The van der Waals surface area contributed by atoms with Gasteiger partial charge >= 0.3 is 5.97 Å². The first-order chi connectivity index (χ1) is 6.91. The maximum atomic E-state index is 11.6. The van der Waals surface area contributed by atoms with E-state index in [1.165, 1.54) is 6.92 Å². The Labute approximate surface area is 88.8 Å². The lowest BCUT2D eigenvalue weighted by Crippen LogP contribution is -2.46. The van der Waals surface area contributed by atoms with Crippen LogP contribution in [-0.4, -0.2) is 35.5 Å². The zero-order valence-corrected chi connectivity index (χ0v) is 8.85. The second-order valence-electron chi connectivity index (χ2n) is 3.59. The monoisotopic (exact) mass is 217 g/mol. The molecule has 0 aromatic carbocycles. The van der Waals surface area contributed by atoms with E-state index in [9.17, 15) is 9.59 Å². The zero-order valence-electron chi connectivity index (χ0n) is 8.85. The number of hydrogen-bond donors (Lipinski definition) is 4. The summed E-state index contributed by atoms with van der Waals surface area (Å²) in [5.41, 5.74) is 16.1. The van der Waals surface area contributed by atoms with E-state index >= 15 is 0 Å². The first kappa shape index (κ1) is 14.0. The van der Waals surface area contributed by atoms with Gasteiger partial charge in [-0.05, 0) is 26.3 Å². The van der Waals surface area contributed by atoms with Gasteiger partial charge < -0.3 is 22.3 Å². The predicted molar refractivity (Wildman–Crippen MR) is 56.0 cm³/mol. The molecule has 88 valence electrons. The third-order valence-corrected chi connectivity index (χ3v) is 2.25. The minimum absolute atomic E-state index is 0.321. The summed E-state index contributed by atoms with van der Waals surface area (Å²) in [5, 5.41) is 8.73. The standard InChI is InChI=1S/C9H19N3O3/c1-5(11)8(13)6(3-2-4-10)7(12)9(14)15/h5-7H,2-4,10-12H2,1H3,(H,14,15). The molecular formula is C9H19N3O3. The van der Waals surface area contributed by atoms with Gasteiger partial charge in [0.2, 0.25) is 0 Å². The summed E-state index contributed by atoms with van der Waals surface area (Å²) in [6, 6.07) is -1.90. The molecule has 0 rings (SSSR count). The van der Waals surface area contributed by atoms with Crippen LogP contribution in [0.2, 0.25) is 0 Å². The van der Waals surface area contributed by atoms with Gasteiger partial charge in [-0.2, -0.15) is 0 Å². The van der Waals surface area contributed by atoms with Crippen LogP contribution in [0.1, 0.15) is 19.8 Å². The lowest BCUT2D eigenvalue weighted by atomic mass is 9.88. The largest absolute Gasteiger partial charge is 0.480 e. The van der Waals surface area contributed by atoms with Crippen molar-refractivity contribution in [3.8, 4) is 0 Å². The summed E-state index contributed by atoms with van der Waals surface area (Å²) in [7, 11) is 0. The minimum Gasteiger partial charge on any atom is -0.480 e. The maximum absolute atomic E-state index is 11.6. The van der Waals surface area contributed by atoms with Crippen molar-refractivity contribution in [2.75, 3.05) is 6.54 Å². The van der Waals surface area contributed by atoms with Crippen LogP contribution < -0.4 is 17.2 Å². The molecule has 0 bridgehead atoms. The number of carbonyl (C=O) groups is 2. The van der Waals surface area contributed by atoms with E-state index in [0.29, 0.717) is 19.4 Å². The summed E-state index contributed by atoms with van der Waals surface area (Å²) >= 11 is 0. The lowest BCUT2D eigenvalue weighted by Gasteiger charge is -2.20. The molecule has 6 nitrogen and oxygen atoms in total. The first-order valence-electron chi connectivity index (χ1n) is 4.89. The van der Waals surface area contributed by atoms with Crippen LogP contribution in [0.15, 0.2) is 0 Å². The van der Waals surface area contributed by atoms with Crippen molar-refractivity contribution in [3.05, 3.63) is 0 Å². The summed E-state index contributed by atoms with van der Waals surface area (Å²) in [5.74, 6) is -2.25. The zero-order chi connectivity index (χ0) is 12.0. The van der Waals surface area contributed by atoms with Gasteiger partial charge in [0.05, 0.1) is 6.04 Å². The van der Waals surface area contributed by atoms with Crippen molar-refractivity contribution in [1.82, 2.24) is 0 Å². The minimum atomic E-state index is -1.20. The number of carboxylic acids is 1. The molecule has 7 N–H and O–H groups in total. The Bertz CT molecular complexity index is 231. The summed E-state index contributed by atoms with van der Waals surface area (Å²) < 4.78 is 0. The number of aliphatic carboxylic acids is 1. The Kier molecular flexibility index (Phi) is 6.07. The van der Waals surface area contributed by atoms with Crippen molar-refractivity contribution < 1.29 is 14.7 Å². The number of carboxylic acid groups (broad SMARTS) is 1. The number of Topliss-reactive ketones (excluding diaryl/α,β-unsaturated/α-hetero) is 1. The molecule has 0 spiro atoms. The molecule has 0 aliphatic heterocycles. The van der Waals surface area contributed by atoms with Crippen LogP contribution in [0.25, 0.3) is 0 Å². The molecule has 0 aromatic heterocycles. The molecule has 6 heteroatoms. The molecule has 3 unspecified atom stereocenters. The van der Waals surface area contributed by atoms with Gasteiger partial charge in [0.15, 0.2) is 5.78 Å². The Morgan fingerprint density at radius 1 is 1.33 bits per heavy atom. The van der Waals surface area contributed by atoms with Gasteiger partial charge in [0.1, 0.15) is 6.04 Å². The smallest absolute Gasteiger partial charge is 0.321 e. The Morgan fingerprint density at radius 3 is 2.20 bits per heavy atom. The van der Waals surface area contributed by atoms with E-state index < -0.39 is 24.0 Å². The summed E-state index contributed by atoms with van der Waals surface area (Å²) in [6.45, 7) is 1.92. The van der Waals surface area contributed by atoms with Crippen LogP contribution in [0.3, 0.4) is 0 Å². The lowest BCUT2D eigenvalue weighted by molar-refractivity contribution is -0.143. The van der Waals surface area contributed by atoms with Crippen LogP contribution in [0.5, 0.6) is 0 Å². The van der Waals surface area contributed by atoms with Crippen molar-refractivity contribution in [2.45, 2.75) is 31.8 Å². The van der Waals surface area contributed by atoms with Gasteiger partial charge in [-0.25, -0.2) is 0 Å². The van der Waals surface area contributed by atoms with Crippen molar-refractivity contribution in [2.24, 2.45) is 23.1 Å². The SMILES string of the molecule is CC(N)C(=O)C(CCCN)C(N)C(=O)O. The van der Waals surface area contributed by atoms with E-state index in [4.69, 9.17) is 22.3 Å². The predicted octanol–water partition coefficient (Wildman–Crippen LogP) is -1.33. The fourth-order valence-electron chi connectivity index (χ4n) is 1.35. The number of hydrogen-bond acceptors (Lipinski definition) is 5. The highest BCUT2D eigenvalue weighted by atomic mass is 16.4. The topological polar surface area (TPSA) is 132 Å². The highest BCUT2D eigenvalue weighted by Crippen LogP contribution is 2.13. The van der Waals surface area contributed by atoms with E-state index in [1.807, 2.05) is 0 Å². The Morgan fingerprint density at radius 2 is 1.87 bits per heavy atom. The van der Waals surface area contributed by atoms with Crippen LogP contribution in [-0.2, 0) is 9.59 Å². The average molecular weight is 217 g/mol. The van der Waals surface area contributed by atoms with Gasteiger partial charge in [-0.1, -0.05) is 0 Å². The molecule has 0 aromatic rings. The van der Waals surface area contributed by atoms with E-state index in [2.05, 4.69) is 0 Å². The molecule has 0 saturated carbocycles. The van der Waals surface area contributed by atoms with Gasteiger partial charge in [0, 0.05) is 5.92 Å². The Hall–Kier alpha value is -0.980. The van der Waals surface area contributed by atoms with Crippen molar-refractivity contribution in [1.29, 1.82) is 0 Å². The van der Waals surface area contributed by atoms with E-state index in [-0.39, 0.29) is 5.78 Å². The van der Waals surface area contributed by atoms with Crippen LogP contribution in [0, 0.1) is 5.92 Å². The third-order valence-electron chi connectivity index (χ3n) is 2.25. The summed E-state index contributed by atoms with van der Waals surface area (Å²) in [6.07, 6.45) is 0.925. The van der Waals surface area contributed by atoms with E-state index in [1.54, 1.807) is 0 Å². The molecule has 3 atom stereocenters. The fourth-order valence-corrected chi connectivity index (χ4v) is 1.35. The molecule has 0 radical (unpaired) electrons.